The van der Waals surface area contributed by atoms with Crippen LogP contribution in [0.15, 0.2) is 22.9 Å². The van der Waals surface area contributed by atoms with Crippen molar-refractivity contribution in [2.24, 2.45) is 5.92 Å². The normalized spacial score (nSPS) is 15.8. The standard InChI is InChI=1S/C22H33N3O3/c1-6-24(7-2)20(26)19-12-17(15-28-19)18-14-25(21(23-18)22(3,4)5)13-16-8-10-27-11-9-16/h12,14-16H,6-11,13H2,1-5H3. The third kappa shape index (κ3) is 4.49. The van der Waals surface area contributed by atoms with Gasteiger partial charge in [0, 0.05) is 50.0 Å². The Morgan fingerprint density at radius 3 is 2.54 bits per heavy atom. The van der Waals surface area contributed by atoms with Gasteiger partial charge in [-0.3, -0.25) is 4.79 Å². The fourth-order valence-corrected chi connectivity index (χ4v) is 3.75. The number of nitrogens with zero attached hydrogens (tertiary/aromatic N) is 3. The molecule has 0 radical (unpaired) electrons. The fraction of sp³-hybridized carbons (Fsp3) is 0.636. The molecule has 28 heavy (non-hydrogen) atoms. The first-order chi connectivity index (χ1) is 13.3. The van der Waals surface area contributed by atoms with E-state index in [0.29, 0.717) is 24.8 Å². The second kappa shape index (κ2) is 8.52. The van der Waals surface area contributed by atoms with Crippen molar-refractivity contribution >= 4 is 5.91 Å². The van der Waals surface area contributed by atoms with Crippen molar-refractivity contribution in [1.82, 2.24) is 14.5 Å². The second-order valence-corrected chi connectivity index (χ2v) is 8.58. The number of hydrogen-bond donors (Lipinski definition) is 0. The molecule has 1 fully saturated rings. The van der Waals surface area contributed by atoms with E-state index in [2.05, 4.69) is 31.5 Å². The molecule has 0 aliphatic carbocycles. The van der Waals surface area contributed by atoms with E-state index in [-0.39, 0.29) is 11.3 Å². The lowest BCUT2D eigenvalue weighted by Gasteiger charge is -2.25. The van der Waals surface area contributed by atoms with Crippen LogP contribution in [0.5, 0.6) is 0 Å². The molecular weight excluding hydrogens is 354 g/mol. The number of rotatable bonds is 6. The third-order valence-electron chi connectivity index (χ3n) is 5.40. The van der Waals surface area contributed by atoms with Crippen LogP contribution < -0.4 is 0 Å². The fourth-order valence-electron chi connectivity index (χ4n) is 3.75. The summed E-state index contributed by atoms with van der Waals surface area (Å²) in [6, 6.07) is 1.81. The molecule has 154 valence electrons. The van der Waals surface area contributed by atoms with Crippen LogP contribution in [-0.4, -0.2) is 46.7 Å². The van der Waals surface area contributed by atoms with E-state index in [1.807, 2.05) is 19.9 Å². The van der Waals surface area contributed by atoms with Gasteiger partial charge in [0.1, 0.15) is 12.1 Å². The molecule has 1 saturated heterocycles. The van der Waals surface area contributed by atoms with Crippen LogP contribution in [-0.2, 0) is 16.7 Å². The molecule has 3 rings (SSSR count). The van der Waals surface area contributed by atoms with Gasteiger partial charge >= 0.3 is 0 Å². The first-order valence-corrected chi connectivity index (χ1v) is 10.4. The Morgan fingerprint density at radius 1 is 1.25 bits per heavy atom. The van der Waals surface area contributed by atoms with Crippen molar-refractivity contribution in [3.63, 3.8) is 0 Å². The van der Waals surface area contributed by atoms with Crippen molar-refractivity contribution in [3.05, 3.63) is 30.1 Å². The maximum Gasteiger partial charge on any atom is 0.289 e. The molecule has 3 heterocycles. The lowest BCUT2D eigenvalue weighted by atomic mass is 9.94. The number of aromatic nitrogens is 2. The first kappa shape index (κ1) is 20.6. The Bertz CT molecular complexity index is 790. The maximum absolute atomic E-state index is 12.5. The number of amides is 1. The van der Waals surface area contributed by atoms with Crippen LogP contribution in [0, 0.1) is 5.92 Å². The SMILES string of the molecule is CCN(CC)C(=O)c1cc(-c2cn(CC3CCOCC3)c(C(C)(C)C)n2)co1. The van der Waals surface area contributed by atoms with Gasteiger partial charge in [0.05, 0.1) is 5.69 Å². The van der Waals surface area contributed by atoms with Gasteiger partial charge in [-0.05, 0) is 38.7 Å². The Morgan fingerprint density at radius 2 is 1.93 bits per heavy atom. The highest BCUT2D eigenvalue weighted by atomic mass is 16.5. The molecule has 0 bridgehead atoms. The van der Waals surface area contributed by atoms with Gasteiger partial charge < -0.3 is 18.6 Å². The van der Waals surface area contributed by atoms with E-state index in [9.17, 15) is 4.79 Å². The molecule has 0 aromatic carbocycles. The summed E-state index contributed by atoms with van der Waals surface area (Å²) in [6.45, 7) is 14.5. The molecule has 1 aliphatic rings. The van der Waals surface area contributed by atoms with Gasteiger partial charge in [0.2, 0.25) is 0 Å². The van der Waals surface area contributed by atoms with Crippen LogP contribution in [0.3, 0.4) is 0 Å². The van der Waals surface area contributed by atoms with E-state index < -0.39 is 0 Å². The molecule has 0 spiro atoms. The minimum atomic E-state index is -0.0751. The Balaban J connectivity index is 1.87. The molecule has 0 atom stereocenters. The van der Waals surface area contributed by atoms with E-state index in [1.54, 1.807) is 11.2 Å². The summed E-state index contributed by atoms with van der Waals surface area (Å²) in [6.07, 6.45) is 5.92. The summed E-state index contributed by atoms with van der Waals surface area (Å²) in [4.78, 5) is 19.2. The third-order valence-corrected chi connectivity index (χ3v) is 5.40. The zero-order valence-electron chi connectivity index (χ0n) is 17.8. The molecule has 2 aromatic heterocycles. The quantitative estimate of drug-likeness (QED) is 0.739. The number of carbonyl (C=O) groups is 1. The molecule has 0 N–H and O–H groups in total. The second-order valence-electron chi connectivity index (χ2n) is 8.58. The zero-order chi connectivity index (χ0) is 20.3. The Hall–Kier alpha value is -2.08. The van der Waals surface area contributed by atoms with E-state index in [0.717, 1.165) is 49.7 Å². The summed E-state index contributed by atoms with van der Waals surface area (Å²) in [7, 11) is 0. The summed E-state index contributed by atoms with van der Waals surface area (Å²) in [5, 5.41) is 0. The molecular formula is C22H33N3O3. The highest BCUT2D eigenvalue weighted by Gasteiger charge is 2.25. The molecule has 2 aromatic rings. The molecule has 0 unspecified atom stereocenters. The van der Waals surface area contributed by atoms with Crippen LogP contribution in [0.2, 0.25) is 0 Å². The molecule has 6 heteroatoms. The summed E-state index contributed by atoms with van der Waals surface area (Å²) in [5.41, 5.74) is 1.65. The number of ether oxygens (including phenoxy) is 1. The van der Waals surface area contributed by atoms with E-state index in [1.165, 1.54) is 0 Å². The summed E-state index contributed by atoms with van der Waals surface area (Å²) < 4.78 is 13.4. The predicted molar refractivity (Wildman–Crippen MR) is 109 cm³/mol. The van der Waals surface area contributed by atoms with Crippen molar-refractivity contribution in [3.8, 4) is 11.3 Å². The smallest absolute Gasteiger partial charge is 0.289 e. The zero-order valence-corrected chi connectivity index (χ0v) is 17.8. The first-order valence-electron chi connectivity index (χ1n) is 10.4. The number of hydrogen-bond acceptors (Lipinski definition) is 4. The van der Waals surface area contributed by atoms with Crippen molar-refractivity contribution in [1.29, 1.82) is 0 Å². The molecule has 6 nitrogen and oxygen atoms in total. The average molecular weight is 388 g/mol. The van der Waals surface area contributed by atoms with Crippen molar-refractivity contribution in [2.75, 3.05) is 26.3 Å². The lowest BCUT2D eigenvalue weighted by molar-refractivity contribution is 0.0607. The topological polar surface area (TPSA) is 60.5 Å². The van der Waals surface area contributed by atoms with Gasteiger partial charge in [0.15, 0.2) is 5.76 Å². The maximum atomic E-state index is 12.5. The molecule has 0 saturated carbocycles. The number of imidazole rings is 1. The highest BCUT2D eigenvalue weighted by Crippen LogP contribution is 2.29. The largest absolute Gasteiger partial charge is 0.458 e. The minimum absolute atomic E-state index is 0.0625. The van der Waals surface area contributed by atoms with Crippen molar-refractivity contribution < 1.29 is 13.9 Å². The number of carbonyl (C=O) groups excluding carboxylic acids is 1. The monoisotopic (exact) mass is 387 g/mol. The van der Waals surface area contributed by atoms with Gasteiger partial charge in [-0.1, -0.05) is 20.8 Å². The lowest BCUT2D eigenvalue weighted by Crippen LogP contribution is -2.30. The highest BCUT2D eigenvalue weighted by molar-refractivity contribution is 5.92. The Labute approximate surface area is 167 Å². The predicted octanol–water partition coefficient (Wildman–Crippen LogP) is 4.35. The van der Waals surface area contributed by atoms with Crippen LogP contribution in [0.25, 0.3) is 11.3 Å². The van der Waals surface area contributed by atoms with Crippen LogP contribution in [0.1, 0.15) is 63.8 Å². The number of furan rings is 1. The summed E-state index contributed by atoms with van der Waals surface area (Å²) in [5.74, 6) is 1.97. The molecule has 1 amide bonds. The summed E-state index contributed by atoms with van der Waals surface area (Å²) >= 11 is 0. The van der Waals surface area contributed by atoms with Gasteiger partial charge in [0.25, 0.3) is 5.91 Å². The van der Waals surface area contributed by atoms with Gasteiger partial charge in [-0.15, -0.1) is 0 Å². The minimum Gasteiger partial charge on any atom is -0.458 e. The van der Waals surface area contributed by atoms with E-state index >= 15 is 0 Å². The Kier molecular flexibility index (Phi) is 6.28. The van der Waals surface area contributed by atoms with Gasteiger partial charge in [-0.25, -0.2) is 4.98 Å². The van der Waals surface area contributed by atoms with Crippen LogP contribution in [0.4, 0.5) is 0 Å². The van der Waals surface area contributed by atoms with Gasteiger partial charge in [-0.2, -0.15) is 0 Å². The van der Waals surface area contributed by atoms with Crippen molar-refractivity contribution in [2.45, 2.75) is 59.4 Å². The average Bonchev–Trinajstić information content (AvgIpc) is 3.30. The van der Waals surface area contributed by atoms with E-state index in [4.69, 9.17) is 14.1 Å². The molecule has 1 aliphatic heterocycles. The van der Waals surface area contributed by atoms with Crippen LogP contribution >= 0.6 is 0 Å².